The number of rotatable bonds is 6. The zero-order chi connectivity index (χ0) is 22.6. The van der Waals surface area contributed by atoms with Crippen LogP contribution in [0.3, 0.4) is 0 Å². The highest BCUT2D eigenvalue weighted by molar-refractivity contribution is 5.86. The van der Waals surface area contributed by atoms with Gasteiger partial charge in [0, 0.05) is 43.0 Å². The number of hydrogen-bond acceptors (Lipinski definition) is 7. The molecule has 7 heterocycles. The summed E-state index contributed by atoms with van der Waals surface area (Å²) in [5.41, 5.74) is 2.06. The largest absolute Gasteiger partial charge is 0.350 e. The van der Waals surface area contributed by atoms with Crippen LogP contribution in [-0.4, -0.2) is 73.9 Å². The lowest BCUT2D eigenvalue weighted by atomic mass is 9.84. The van der Waals surface area contributed by atoms with E-state index in [0.29, 0.717) is 23.6 Å². The summed E-state index contributed by atoms with van der Waals surface area (Å²) in [4.78, 5) is 22.8. The van der Waals surface area contributed by atoms with Gasteiger partial charge in [0.05, 0.1) is 0 Å². The van der Waals surface area contributed by atoms with E-state index in [0.717, 1.165) is 37.3 Å². The molecule has 3 aromatic rings. The van der Waals surface area contributed by atoms with Crippen molar-refractivity contribution in [2.45, 2.75) is 56.5 Å². The molecule has 3 N–H and O–H groups in total. The summed E-state index contributed by atoms with van der Waals surface area (Å²) >= 11 is 0. The van der Waals surface area contributed by atoms with E-state index in [9.17, 15) is 4.79 Å². The summed E-state index contributed by atoms with van der Waals surface area (Å²) in [5.74, 6) is 3.37. The van der Waals surface area contributed by atoms with E-state index in [-0.39, 0.29) is 18.0 Å². The Morgan fingerprint density at radius 2 is 2.00 bits per heavy atom. The maximum atomic E-state index is 13.4. The molecule has 178 valence electrons. The molecule has 1 amide bonds. The van der Waals surface area contributed by atoms with Crippen LogP contribution in [-0.2, 0) is 4.79 Å². The van der Waals surface area contributed by atoms with E-state index >= 15 is 0 Å². The zero-order valence-electron chi connectivity index (χ0n) is 19.3. The molecule has 10 nitrogen and oxygen atoms in total. The predicted octanol–water partition coefficient (Wildman–Crippen LogP) is 2.25. The summed E-state index contributed by atoms with van der Waals surface area (Å²) in [5, 5.41) is 19.1. The first kappa shape index (κ1) is 20.3. The third kappa shape index (κ3) is 3.60. The maximum absolute atomic E-state index is 13.4. The second kappa shape index (κ2) is 7.97. The Bertz CT molecular complexity index is 1210. The van der Waals surface area contributed by atoms with Crippen LogP contribution in [0.2, 0.25) is 0 Å². The lowest BCUT2D eigenvalue weighted by Crippen LogP contribution is -2.59. The number of nitrogens with one attached hydrogen (secondary N) is 3. The van der Waals surface area contributed by atoms with Gasteiger partial charge in [0.15, 0.2) is 11.6 Å². The van der Waals surface area contributed by atoms with Crippen LogP contribution in [0.15, 0.2) is 24.4 Å². The number of carbonyl (C=O) groups is 1. The molecule has 0 unspecified atom stereocenters. The summed E-state index contributed by atoms with van der Waals surface area (Å²) < 4.78 is 1.83. The minimum Gasteiger partial charge on any atom is -0.350 e. The number of nitrogens with zero attached hydrogens (tertiary/aromatic N) is 6. The van der Waals surface area contributed by atoms with Gasteiger partial charge in [-0.05, 0) is 69.7 Å². The van der Waals surface area contributed by atoms with Crippen molar-refractivity contribution in [2.75, 3.05) is 36.4 Å². The Hall–Kier alpha value is -3.14. The third-order valence-electron chi connectivity index (χ3n) is 8.04. The normalized spacial score (nSPS) is 28.5. The van der Waals surface area contributed by atoms with Gasteiger partial charge in [-0.3, -0.25) is 9.89 Å². The molecular weight excluding hydrogens is 430 g/mol. The first-order chi connectivity index (χ1) is 16.7. The third-order valence-corrected chi connectivity index (χ3v) is 8.04. The van der Waals surface area contributed by atoms with Gasteiger partial charge < -0.3 is 20.4 Å². The summed E-state index contributed by atoms with van der Waals surface area (Å²) in [6, 6.07) is 6.05. The van der Waals surface area contributed by atoms with Gasteiger partial charge in [0.25, 0.3) is 0 Å². The van der Waals surface area contributed by atoms with Crippen molar-refractivity contribution in [2.24, 2.45) is 5.92 Å². The number of anilines is 3. The molecule has 1 aliphatic carbocycles. The highest BCUT2D eigenvalue weighted by Crippen LogP contribution is 2.40. The van der Waals surface area contributed by atoms with E-state index in [1.54, 1.807) is 0 Å². The van der Waals surface area contributed by atoms with Crippen LogP contribution >= 0.6 is 0 Å². The van der Waals surface area contributed by atoms with Gasteiger partial charge in [0.1, 0.15) is 11.6 Å². The Morgan fingerprint density at radius 3 is 2.79 bits per heavy atom. The number of aromatic nitrogens is 5. The fourth-order valence-electron chi connectivity index (χ4n) is 5.95. The Balaban J connectivity index is 1.13. The lowest BCUT2D eigenvalue weighted by Gasteiger charge is -2.45. The molecule has 0 aromatic carbocycles. The fraction of sp³-hybridized carbons (Fsp3) is 0.583. The van der Waals surface area contributed by atoms with Crippen LogP contribution in [0.4, 0.5) is 17.6 Å². The van der Waals surface area contributed by atoms with Crippen molar-refractivity contribution >= 4 is 29.0 Å². The Kier molecular flexibility index (Phi) is 4.75. The lowest BCUT2D eigenvalue weighted by molar-refractivity contribution is -0.124. The molecule has 4 saturated heterocycles. The smallest absolute Gasteiger partial charge is 0.246 e. The molecule has 10 heteroatoms. The van der Waals surface area contributed by atoms with Crippen molar-refractivity contribution in [3.8, 4) is 0 Å². The Labute approximate surface area is 198 Å². The van der Waals surface area contributed by atoms with Gasteiger partial charge in [0.2, 0.25) is 11.9 Å². The molecule has 4 aliphatic heterocycles. The molecule has 0 radical (unpaired) electrons. The van der Waals surface area contributed by atoms with Gasteiger partial charge in [-0.2, -0.15) is 10.1 Å². The number of hydrogen-bond donors (Lipinski definition) is 3. The van der Waals surface area contributed by atoms with Gasteiger partial charge >= 0.3 is 0 Å². The summed E-state index contributed by atoms with van der Waals surface area (Å²) in [6.45, 7) is 4.10. The van der Waals surface area contributed by atoms with Gasteiger partial charge in [-0.15, -0.1) is 5.10 Å². The highest BCUT2D eigenvalue weighted by atomic mass is 16.2. The second-order valence-corrected chi connectivity index (χ2v) is 10.3. The van der Waals surface area contributed by atoms with E-state index in [2.05, 4.69) is 36.7 Å². The quantitative estimate of drug-likeness (QED) is 0.517. The standard InChI is InChI=1S/C24H31N9O/c34-23(25-18-14-31-11-7-16(18)8-12-31)20-4-1-9-32(20)24-27-22(19-3-2-10-33(19)30-24)26-21-13-17(28-29-21)15-5-6-15/h2-3,10,13,15-16,18,20H,1,4-9,11-12,14H2,(H,25,34)(H2,26,27,28,29,30)/t18-,20+/m1/s1. The van der Waals surface area contributed by atoms with Crippen molar-refractivity contribution in [3.63, 3.8) is 0 Å². The number of carbonyl (C=O) groups excluding carboxylic acids is 1. The van der Waals surface area contributed by atoms with E-state index < -0.39 is 0 Å². The van der Waals surface area contributed by atoms with Crippen LogP contribution < -0.4 is 15.5 Å². The van der Waals surface area contributed by atoms with Crippen molar-refractivity contribution in [1.29, 1.82) is 0 Å². The van der Waals surface area contributed by atoms with Crippen LogP contribution in [0.5, 0.6) is 0 Å². The first-order valence-electron chi connectivity index (χ1n) is 12.7. The average molecular weight is 462 g/mol. The molecule has 1 saturated carbocycles. The van der Waals surface area contributed by atoms with Crippen molar-refractivity contribution in [3.05, 3.63) is 30.1 Å². The zero-order valence-corrected chi connectivity index (χ0v) is 19.3. The molecule has 3 aromatic heterocycles. The monoisotopic (exact) mass is 461 g/mol. The maximum Gasteiger partial charge on any atom is 0.246 e. The topological polar surface area (TPSA) is 106 Å². The number of aromatic amines is 1. The predicted molar refractivity (Wildman–Crippen MR) is 128 cm³/mol. The van der Waals surface area contributed by atoms with E-state index in [1.807, 2.05) is 22.8 Å². The minimum atomic E-state index is -0.233. The van der Waals surface area contributed by atoms with Gasteiger partial charge in [-0.25, -0.2) is 4.52 Å². The van der Waals surface area contributed by atoms with E-state index in [1.165, 1.54) is 44.5 Å². The number of piperidine rings is 3. The van der Waals surface area contributed by atoms with Crippen LogP contribution in [0, 0.1) is 5.92 Å². The van der Waals surface area contributed by atoms with Crippen molar-refractivity contribution < 1.29 is 4.79 Å². The van der Waals surface area contributed by atoms with Crippen LogP contribution in [0.25, 0.3) is 5.52 Å². The summed E-state index contributed by atoms with van der Waals surface area (Å²) in [7, 11) is 0. The molecule has 2 atom stereocenters. The molecular formula is C24H31N9O. The number of fused-ring (bicyclic) bond motifs is 4. The second-order valence-electron chi connectivity index (χ2n) is 10.3. The molecule has 8 rings (SSSR count). The van der Waals surface area contributed by atoms with Crippen molar-refractivity contribution in [1.82, 2.24) is 35.0 Å². The Morgan fingerprint density at radius 1 is 1.12 bits per heavy atom. The minimum absolute atomic E-state index is 0.114. The number of amides is 1. The molecule has 34 heavy (non-hydrogen) atoms. The highest BCUT2D eigenvalue weighted by Gasteiger charge is 2.39. The van der Waals surface area contributed by atoms with Crippen LogP contribution in [0.1, 0.15) is 50.1 Å². The molecule has 5 aliphatic rings. The summed E-state index contributed by atoms with van der Waals surface area (Å²) in [6.07, 6.45) is 8.53. The first-order valence-corrected chi connectivity index (χ1v) is 12.7. The van der Waals surface area contributed by atoms with E-state index in [4.69, 9.17) is 10.1 Å². The average Bonchev–Trinajstić information content (AvgIpc) is 3.25. The molecule has 5 fully saturated rings. The molecule has 0 spiro atoms. The number of H-pyrrole nitrogens is 1. The van der Waals surface area contributed by atoms with Gasteiger partial charge in [-0.1, -0.05) is 0 Å². The SMILES string of the molecule is O=C(N[C@@H]1CN2CCC1CC2)[C@@H]1CCCN1c1nc(Nc2cc(C3CC3)[nH]n2)c2cccn2n1. The fourth-order valence-corrected chi connectivity index (χ4v) is 5.95. The molecule has 2 bridgehead atoms.